The Bertz CT molecular complexity index is 2170. The van der Waals surface area contributed by atoms with Crippen molar-refractivity contribution in [3.05, 3.63) is 88.0 Å². The van der Waals surface area contributed by atoms with E-state index in [1.54, 1.807) is 12.0 Å². The lowest BCUT2D eigenvalue weighted by molar-refractivity contribution is -0.119. The molecule has 0 saturated carbocycles. The highest BCUT2D eigenvalue weighted by atomic mass is 35.5. The molecular weight excluding hydrogens is 739 g/mol. The van der Waals surface area contributed by atoms with Crippen molar-refractivity contribution in [2.45, 2.75) is 71.2 Å². The van der Waals surface area contributed by atoms with Gasteiger partial charge in [0.05, 0.1) is 41.2 Å². The molecule has 1 fully saturated rings. The fourth-order valence-corrected chi connectivity index (χ4v) is 7.29. The number of methoxy groups -OCH3 is 2. The number of rotatable bonds is 14. The molecule has 2 amide bonds. The van der Waals surface area contributed by atoms with Crippen molar-refractivity contribution in [2.75, 3.05) is 33.9 Å². The summed E-state index contributed by atoms with van der Waals surface area (Å²) < 4.78 is 16.8. The number of carbonyl (C=O) groups excluding carboxylic acids is 2. The van der Waals surface area contributed by atoms with Crippen molar-refractivity contribution in [3.63, 3.8) is 0 Å². The topological polar surface area (TPSA) is 131 Å². The average molecular weight is 788 g/mol. The van der Waals surface area contributed by atoms with Gasteiger partial charge in [-0.15, -0.1) is 0 Å². The van der Waals surface area contributed by atoms with Gasteiger partial charge in [0.25, 0.3) is 0 Å². The summed E-state index contributed by atoms with van der Waals surface area (Å²) >= 11 is 14.3. The molecule has 0 unspecified atom stereocenters. The molecule has 11 nitrogen and oxygen atoms in total. The summed E-state index contributed by atoms with van der Waals surface area (Å²) in [7, 11) is 3.25. The zero-order chi connectivity index (χ0) is 39.3. The molecule has 1 saturated heterocycles. The minimum absolute atomic E-state index is 0.0262. The van der Waals surface area contributed by atoms with E-state index in [1.807, 2.05) is 88.5 Å². The standard InChI is InChI=1S/C42H48Cl2N6O5/c1-25(53-5)21-45-20-19-26-22-46-39-29(26)15-17-34(48-39)32-11-7-9-30(37(32)43)31-10-8-12-33(38(31)44)35-16-13-27(40(49-35)54-6)23-50(41(52)55-42(2,3)4)24-28-14-18-36(51)47-28/h7-13,15-17,22,25,28,45H,14,18-21,23-24H2,1-6H3,(H,46,48)(H,47,51)/t25-,28-/m0/s1. The Hall–Kier alpha value is -4.68. The van der Waals surface area contributed by atoms with Crippen molar-refractivity contribution in [1.29, 1.82) is 0 Å². The number of hydrogen-bond donors (Lipinski definition) is 3. The third kappa shape index (κ3) is 9.59. The van der Waals surface area contributed by atoms with Gasteiger partial charge in [0.15, 0.2) is 0 Å². The van der Waals surface area contributed by atoms with Crippen LogP contribution >= 0.6 is 23.2 Å². The van der Waals surface area contributed by atoms with Crippen molar-refractivity contribution in [3.8, 4) is 39.5 Å². The van der Waals surface area contributed by atoms with Gasteiger partial charge in [-0.1, -0.05) is 59.6 Å². The molecule has 1 aliphatic rings. The number of carbonyl (C=O) groups is 2. The summed E-state index contributed by atoms with van der Waals surface area (Å²) in [6, 6.07) is 19.2. The van der Waals surface area contributed by atoms with E-state index in [2.05, 4.69) is 21.7 Å². The van der Waals surface area contributed by atoms with E-state index in [9.17, 15) is 9.59 Å². The lowest BCUT2D eigenvalue weighted by Gasteiger charge is -2.29. The average Bonchev–Trinajstić information content (AvgIpc) is 3.77. The van der Waals surface area contributed by atoms with Gasteiger partial charge in [0.2, 0.25) is 11.8 Å². The molecule has 6 rings (SSSR count). The second-order valence-electron chi connectivity index (χ2n) is 14.8. The summed E-state index contributed by atoms with van der Waals surface area (Å²) in [5.41, 5.74) is 6.26. The zero-order valence-corrected chi connectivity index (χ0v) is 33.6. The van der Waals surface area contributed by atoms with Crippen LogP contribution in [-0.4, -0.2) is 83.5 Å². The van der Waals surface area contributed by atoms with E-state index in [4.69, 9.17) is 47.4 Å². The summed E-state index contributed by atoms with van der Waals surface area (Å²) in [6.45, 7) is 9.58. The van der Waals surface area contributed by atoms with Gasteiger partial charge in [0.1, 0.15) is 11.2 Å². The summed E-state index contributed by atoms with van der Waals surface area (Å²) in [5, 5.41) is 8.45. The highest BCUT2D eigenvalue weighted by Gasteiger charge is 2.29. The Morgan fingerprint density at radius 2 is 1.60 bits per heavy atom. The van der Waals surface area contributed by atoms with Crippen molar-refractivity contribution in [1.82, 2.24) is 30.5 Å². The minimum Gasteiger partial charge on any atom is -0.481 e. The van der Waals surface area contributed by atoms with Gasteiger partial charge < -0.3 is 34.7 Å². The van der Waals surface area contributed by atoms with E-state index in [-0.39, 0.29) is 24.6 Å². The number of amides is 2. The normalized spacial score (nSPS) is 14.9. The molecule has 2 atom stereocenters. The number of halogens is 2. The number of fused-ring (bicyclic) bond motifs is 1. The minimum atomic E-state index is -0.692. The van der Waals surface area contributed by atoms with E-state index >= 15 is 0 Å². The number of ether oxygens (including phenoxy) is 3. The Morgan fingerprint density at radius 3 is 2.22 bits per heavy atom. The number of aromatic amines is 1. The maximum Gasteiger partial charge on any atom is 0.410 e. The van der Waals surface area contributed by atoms with Gasteiger partial charge in [-0.2, -0.15) is 0 Å². The lowest BCUT2D eigenvalue weighted by atomic mass is 9.98. The largest absolute Gasteiger partial charge is 0.481 e. The first-order valence-electron chi connectivity index (χ1n) is 18.4. The lowest BCUT2D eigenvalue weighted by Crippen LogP contribution is -2.43. The van der Waals surface area contributed by atoms with E-state index in [0.717, 1.165) is 52.9 Å². The first kappa shape index (κ1) is 40.0. The number of aromatic nitrogens is 3. The third-order valence-electron chi connectivity index (χ3n) is 9.54. The molecule has 55 heavy (non-hydrogen) atoms. The molecule has 3 aromatic heterocycles. The molecule has 0 aliphatic carbocycles. The van der Waals surface area contributed by atoms with Crippen LogP contribution in [0.1, 0.15) is 51.7 Å². The Labute approximate surface area is 332 Å². The van der Waals surface area contributed by atoms with E-state index in [0.29, 0.717) is 52.1 Å². The molecule has 1 aliphatic heterocycles. The monoisotopic (exact) mass is 786 g/mol. The first-order chi connectivity index (χ1) is 26.3. The number of nitrogens with zero attached hydrogens (tertiary/aromatic N) is 3. The van der Waals surface area contributed by atoms with Crippen molar-refractivity contribution in [2.24, 2.45) is 0 Å². The van der Waals surface area contributed by atoms with Gasteiger partial charge in [-0.3, -0.25) is 4.79 Å². The van der Waals surface area contributed by atoms with Crippen LogP contribution in [0.25, 0.3) is 44.7 Å². The van der Waals surface area contributed by atoms with Crippen LogP contribution in [-0.2, 0) is 27.2 Å². The fourth-order valence-electron chi connectivity index (χ4n) is 6.64. The molecule has 0 spiro atoms. The second kappa shape index (κ2) is 17.4. The van der Waals surface area contributed by atoms with Crippen LogP contribution in [0, 0.1) is 0 Å². The van der Waals surface area contributed by atoms with Gasteiger partial charge >= 0.3 is 6.09 Å². The molecule has 0 radical (unpaired) electrons. The van der Waals surface area contributed by atoms with Gasteiger partial charge in [0, 0.05) is 72.1 Å². The van der Waals surface area contributed by atoms with Crippen molar-refractivity contribution >= 4 is 46.2 Å². The highest BCUT2D eigenvalue weighted by molar-refractivity contribution is 6.39. The molecular formula is C42H48Cl2N6O5. The van der Waals surface area contributed by atoms with Crippen molar-refractivity contribution < 1.29 is 23.8 Å². The zero-order valence-electron chi connectivity index (χ0n) is 32.1. The van der Waals surface area contributed by atoms with Gasteiger partial charge in [-0.25, -0.2) is 14.8 Å². The summed E-state index contributed by atoms with van der Waals surface area (Å²) in [6.07, 6.45) is 3.61. The Morgan fingerprint density at radius 1 is 0.945 bits per heavy atom. The predicted octanol–water partition coefficient (Wildman–Crippen LogP) is 8.46. The van der Waals surface area contributed by atoms with Crippen LogP contribution < -0.4 is 15.4 Å². The van der Waals surface area contributed by atoms with E-state index < -0.39 is 11.7 Å². The van der Waals surface area contributed by atoms with Crippen LogP contribution in [0.15, 0.2) is 66.9 Å². The number of nitrogens with one attached hydrogen (secondary N) is 3. The maximum atomic E-state index is 13.3. The Kier molecular flexibility index (Phi) is 12.7. The summed E-state index contributed by atoms with van der Waals surface area (Å²) in [5.74, 6) is 0.315. The maximum absolute atomic E-state index is 13.3. The quantitative estimate of drug-likeness (QED) is 0.0957. The number of benzene rings is 2. The molecule has 3 N–H and O–H groups in total. The van der Waals surface area contributed by atoms with Crippen LogP contribution in [0.3, 0.4) is 0 Å². The van der Waals surface area contributed by atoms with E-state index in [1.165, 1.54) is 12.7 Å². The van der Waals surface area contributed by atoms with Crippen LogP contribution in [0.5, 0.6) is 5.88 Å². The number of hydrogen-bond acceptors (Lipinski definition) is 8. The van der Waals surface area contributed by atoms with Crippen LogP contribution in [0.4, 0.5) is 4.79 Å². The molecule has 13 heteroatoms. The highest BCUT2D eigenvalue weighted by Crippen LogP contribution is 2.42. The number of H-pyrrole nitrogens is 1. The molecule has 4 heterocycles. The summed E-state index contributed by atoms with van der Waals surface area (Å²) in [4.78, 5) is 39.9. The van der Waals surface area contributed by atoms with Crippen LogP contribution in [0.2, 0.25) is 10.0 Å². The third-order valence-corrected chi connectivity index (χ3v) is 10.4. The first-order valence-corrected chi connectivity index (χ1v) is 19.2. The Balaban J connectivity index is 1.24. The molecule has 5 aromatic rings. The predicted molar refractivity (Wildman–Crippen MR) is 218 cm³/mol. The van der Waals surface area contributed by atoms with Gasteiger partial charge in [-0.05, 0) is 76.9 Å². The SMILES string of the molecule is COc1nc(-c2cccc(-c3cccc(-c4ccc5c(CCNC[C@H](C)OC)c[nH]c5n4)c3Cl)c2Cl)ccc1CN(C[C@@H]1CCC(=O)N1)C(=O)OC(C)(C)C. The fraction of sp³-hybridized carbons (Fsp3) is 0.381. The molecule has 2 aromatic carbocycles. The smallest absolute Gasteiger partial charge is 0.410 e. The second-order valence-corrected chi connectivity index (χ2v) is 15.5. The molecule has 0 bridgehead atoms. The molecule has 290 valence electrons. The number of pyridine rings is 2.